The van der Waals surface area contributed by atoms with Crippen LogP contribution in [0.15, 0.2) is 0 Å². The molecule has 0 saturated heterocycles. The number of methoxy groups -OCH3 is 1. The Bertz CT molecular complexity index is 232. The first-order valence-electron chi connectivity index (χ1n) is 5.40. The topological polar surface area (TPSA) is 29.5 Å². The van der Waals surface area contributed by atoms with Gasteiger partial charge in [0.25, 0.3) is 0 Å². The molecule has 0 aliphatic heterocycles. The number of carbonyl (C=O) groups is 1. The molecule has 0 aliphatic carbocycles. The fourth-order valence-electron chi connectivity index (χ4n) is 1.19. The molecule has 0 unspecified atom stereocenters. The van der Waals surface area contributed by atoms with Crippen LogP contribution < -0.4 is 0 Å². The van der Waals surface area contributed by atoms with Crippen molar-refractivity contribution in [1.29, 1.82) is 0 Å². The number of ether oxygens (including phenoxy) is 1. The highest BCUT2D eigenvalue weighted by molar-refractivity contribution is 5.83. The Balaban J connectivity index is 4.96. The number of nitrogens with zero attached hydrogens (tertiary/aromatic N) is 1. The maximum atomic E-state index is 12.3. The van der Waals surface area contributed by atoms with Gasteiger partial charge < -0.3 is 9.64 Å². The van der Waals surface area contributed by atoms with Gasteiger partial charge in [-0.3, -0.25) is 4.79 Å². The van der Waals surface area contributed by atoms with Gasteiger partial charge in [0.15, 0.2) is 0 Å². The highest BCUT2D eigenvalue weighted by Gasteiger charge is 2.45. The van der Waals surface area contributed by atoms with E-state index in [1.54, 1.807) is 12.0 Å². The average molecular weight is 215 g/mol. The van der Waals surface area contributed by atoms with E-state index in [1.165, 1.54) is 0 Å². The Morgan fingerprint density at radius 1 is 1.20 bits per heavy atom. The smallest absolute Gasteiger partial charge is 0.231 e. The molecule has 0 radical (unpaired) electrons. The molecule has 0 rings (SSSR count). The molecule has 0 fully saturated rings. The molecule has 3 heteroatoms. The zero-order valence-corrected chi connectivity index (χ0v) is 11.3. The van der Waals surface area contributed by atoms with Crippen LogP contribution in [0.3, 0.4) is 0 Å². The summed E-state index contributed by atoms with van der Waals surface area (Å²) in [6.07, 6.45) is 0. The standard InChI is InChI=1S/C12H25NO2/c1-9(2)13(7)10(14)11(3,4)12(5,6)15-8/h9H,1-8H3. The van der Waals surface area contributed by atoms with E-state index in [2.05, 4.69) is 0 Å². The first-order valence-corrected chi connectivity index (χ1v) is 5.40. The van der Waals surface area contributed by atoms with Crippen molar-refractivity contribution in [3.05, 3.63) is 0 Å². The van der Waals surface area contributed by atoms with Gasteiger partial charge in [-0.05, 0) is 41.5 Å². The normalized spacial score (nSPS) is 13.1. The van der Waals surface area contributed by atoms with Crippen molar-refractivity contribution in [2.24, 2.45) is 5.41 Å². The maximum absolute atomic E-state index is 12.3. The predicted octanol–water partition coefficient (Wildman–Crippen LogP) is 2.30. The number of amides is 1. The van der Waals surface area contributed by atoms with E-state index < -0.39 is 11.0 Å². The summed E-state index contributed by atoms with van der Waals surface area (Å²) in [5, 5.41) is 0. The van der Waals surface area contributed by atoms with Crippen LogP contribution >= 0.6 is 0 Å². The summed E-state index contributed by atoms with van der Waals surface area (Å²) in [6.45, 7) is 11.8. The van der Waals surface area contributed by atoms with Gasteiger partial charge in [-0.2, -0.15) is 0 Å². The van der Waals surface area contributed by atoms with Crippen molar-refractivity contribution in [3.8, 4) is 0 Å². The monoisotopic (exact) mass is 215 g/mol. The van der Waals surface area contributed by atoms with Gasteiger partial charge in [0, 0.05) is 20.2 Å². The Hall–Kier alpha value is -0.570. The number of carbonyl (C=O) groups excluding carboxylic acids is 1. The van der Waals surface area contributed by atoms with Crippen molar-refractivity contribution < 1.29 is 9.53 Å². The average Bonchev–Trinajstić information content (AvgIpc) is 2.14. The Labute approximate surface area is 93.8 Å². The molecule has 90 valence electrons. The van der Waals surface area contributed by atoms with Crippen molar-refractivity contribution in [2.75, 3.05) is 14.2 Å². The summed E-state index contributed by atoms with van der Waals surface area (Å²) >= 11 is 0. The first kappa shape index (κ1) is 14.4. The van der Waals surface area contributed by atoms with Crippen LogP contribution in [-0.4, -0.2) is 36.6 Å². The minimum Gasteiger partial charge on any atom is -0.378 e. The van der Waals surface area contributed by atoms with Crippen LogP contribution in [0.1, 0.15) is 41.5 Å². The van der Waals surface area contributed by atoms with Crippen LogP contribution in [0.5, 0.6) is 0 Å². The van der Waals surface area contributed by atoms with Crippen molar-refractivity contribution in [1.82, 2.24) is 4.90 Å². The van der Waals surface area contributed by atoms with E-state index in [4.69, 9.17) is 4.74 Å². The second-order valence-electron chi connectivity index (χ2n) is 5.35. The Morgan fingerprint density at radius 2 is 1.60 bits per heavy atom. The van der Waals surface area contributed by atoms with Crippen molar-refractivity contribution in [2.45, 2.75) is 53.2 Å². The fraction of sp³-hybridized carbons (Fsp3) is 0.917. The lowest BCUT2D eigenvalue weighted by molar-refractivity contribution is -0.157. The molecule has 3 nitrogen and oxygen atoms in total. The number of hydrogen-bond acceptors (Lipinski definition) is 2. The maximum Gasteiger partial charge on any atom is 0.231 e. The van der Waals surface area contributed by atoms with E-state index in [1.807, 2.05) is 48.6 Å². The van der Waals surface area contributed by atoms with E-state index in [-0.39, 0.29) is 11.9 Å². The van der Waals surface area contributed by atoms with Gasteiger partial charge in [0.05, 0.1) is 11.0 Å². The van der Waals surface area contributed by atoms with Gasteiger partial charge in [0.1, 0.15) is 0 Å². The highest BCUT2D eigenvalue weighted by Crippen LogP contribution is 2.35. The van der Waals surface area contributed by atoms with Gasteiger partial charge in [0.2, 0.25) is 5.91 Å². The zero-order valence-electron chi connectivity index (χ0n) is 11.3. The summed E-state index contributed by atoms with van der Waals surface area (Å²) < 4.78 is 5.41. The summed E-state index contributed by atoms with van der Waals surface area (Å²) in [7, 11) is 3.48. The minimum absolute atomic E-state index is 0.115. The molecule has 1 amide bonds. The van der Waals surface area contributed by atoms with Crippen LogP contribution in [-0.2, 0) is 9.53 Å². The lowest BCUT2D eigenvalue weighted by Crippen LogP contribution is -2.53. The third-order valence-electron chi connectivity index (χ3n) is 3.65. The second kappa shape index (κ2) is 4.52. The molecule has 0 atom stereocenters. The lowest BCUT2D eigenvalue weighted by atomic mass is 9.75. The van der Waals surface area contributed by atoms with Crippen molar-refractivity contribution >= 4 is 5.91 Å². The predicted molar refractivity (Wildman–Crippen MR) is 62.8 cm³/mol. The van der Waals surface area contributed by atoms with Crippen molar-refractivity contribution in [3.63, 3.8) is 0 Å². The second-order valence-corrected chi connectivity index (χ2v) is 5.35. The third kappa shape index (κ3) is 2.71. The Morgan fingerprint density at radius 3 is 1.87 bits per heavy atom. The first-order chi connectivity index (χ1) is 6.58. The molecule has 0 N–H and O–H groups in total. The molecule has 0 aliphatic rings. The van der Waals surface area contributed by atoms with Gasteiger partial charge in [-0.1, -0.05) is 0 Å². The fourth-order valence-corrected chi connectivity index (χ4v) is 1.19. The summed E-state index contributed by atoms with van der Waals surface area (Å²) in [6, 6.07) is 0.212. The lowest BCUT2D eigenvalue weighted by Gasteiger charge is -2.42. The van der Waals surface area contributed by atoms with Crippen LogP contribution in [0.2, 0.25) is 0 Å². The minimum atomic E-state index is -0.527. The molecule has 0 saturated carbocycles. The summed E-state index contributed by atoms with van der Waals surface area (Å²) in [4.78, 5) is 14.0. The molecular formula is C12H25NO2. The molecule has 0 aromatic rings. The third-order valence-corrected chi connectivity index (χ3v) is 3.65. The summed E-state index contributed by atoms with van der Waals surface area (Å²) in [5.41, 5.74) is -0.992. The quantitative estimate of drug-likeness (QED) is 0.720. The summed E-state index contributed by atoms with van der Waals surface area (Å²) in [5.74, 6) is 0.115. The molecule has 15 heavy (non-hydrogen) atoms. The number of hydrogen-bond donors (Lipinski definition) is 0. The zero-order chi connectivity index (χ0) is 12.4. The molecule has 0 aromatic heterocycles. The van der Waals surface area contributed by atoms with E-state index >= 15 is 0 Å². The van der Waals surface area contributed by atoms with Gasteiger partial charge in [-0.25, -0.2) is 0 Å². The highest BCUT2D eigenvalue weighted by atomic mass is 16.5. The van der Waals surface area contributed by atoms with Crippen LogP contribution in [0, 0.1) is 5.41 Å². The SMILES string of the molecule is COC(C)(C)C(C)(C)C(=O)N(C)C(C)C. The molecule has 0 bridgehead atoms. The Kier molecular flexibility index (Phi) is 4.35. The molecule has 0 spiro atoms. The molecule has 0 heterocycles. The van der Waals surface area contributed by atoms with E-state index in [0.717, 1.165) is 0 Å². The van der Waals surface area contributed by atoms with Gasteiger partial charge >= 0.3 is 0 Å². The molecule has 0 aromatic carbocycles. The van der Waals surface area contributed by atoms with Crippen LogP contribution in [0.4, 0.5) is 0 Å². The van der Waals surface area contributed by atoms with Gasteiger partial charge in [-0.15, -0.1) is 0 Å². The van der Waals surface area contributed by atoms with E-state index in [0.29, 0.717) is 0 Å². The largest absolute Gasteiger partial charge is 0.378 e. The molecular weight excluding hydrogens is 190 g/mol. The number of rotatable bonds is 4. The van der Waals surface area contributed by atoms with Crippen LogP contribution in [0.25, 0.3) is 0 Å². The van der Waals surface area contributed by atoms with E-state index in [9.17, 15) is 4.79 Å².